The zero-order valence-corrected chi connectivity index (χ0v) is 10.2. The highest BCUT2D eigenvalue weighted by molar-refractivity contribution is 5.35. The Kier molecular flexibility index (Phi) is 5.45. The van der Waals surface area contributed by atoms with Crippen LogP contribution in [0, 0.1) is 11.8 Å². The monoisotopic (exact) mass is 217 g/mol. The molecule has 1 aromatic rings. The van der Waals surface area contributed by atoms with E-state index in [1.54, 1.807) is 7.11 Å². The van der Waals surface area contributed by atoms with Gasteiger partial charge in [-0.15, -0.1) is 5.92 Å². The van der Waals surface area contributed by atoms with E-state index in [0.717, 1.165) is 12.2 Å². The molecule has 0 radical (unpaired) electrons. The van der Waals surface area contributed by atoms with Gasteiger partial charge in [0.15, 0.2) is 0 Å². The van der Waals surface area contributed by atoms with Crippen molar-refractivity contribution >= 4 is 0 Å². The third-order valence-electron chi connectivity index (χ3n) is 2.54. The first kappa shape index (κ1) is 12.6. The van der Waals surface area contributed by atoms with Crippen LogP contribution in [0.25, 0.3) is 0 Å². The summed E-state index contributed by atoms with van der Waals surface area (Å²) in [5.74, 6) is 6.84. The Morgan fingerprint density at radius 1 is 1.38 bits per heavy atom. The van der Waals surface area contributed by atoms with Gasteiger partial charge in [-0.25, -0.2) is 0 Å². The number of benzene rings is 1. The lowest BCUT2D eigenvalue weighted by Crippen LogP contribution is -2.21. The van der Waals surface area contributed by atoms with E-state index in [4.69, 9.17) is 4.74 Å². The molecule has 0 bridgehead atoms. The topological polar surface area (TPSA) is 21.3 Å². The van der Waals surface area contributed by atoms with E-state index in [2.05, 4.69) is 30.1 Å². The van der Waals surface area contributed by atoms with Crippen LogP contribution in [0.3, 0.4) is 0 Å². The maximum atomic E-state index is 5.36. The number of nitrogens with one attached hydrogen (secondary N) is 1. The zero-order chi connectivity index (χ0) is 11.8. The predicted octanol–water partition coefficient (Wildman–Crippen LogP) is 2.76. The molecule has 1 aromatic carbocycles. The lowest BCUT2D eigenvalue weighted by atomic mass is 10.0. The molecule has 16 heavy (non-hydrogen) atoms. The highest BCUT2D eigenvalue weighted by Crippen LogP contribution is 2.26. The van der Waals surface area contributed by atoms with E-state index in [-0.39, 0.29) is 0 Å². The summed E-state index contributed by atoms with van der Waals surface area (Å²) in [6.45, 7) is 4.72. The molecule has 0 heterocycles. The highest BCUT2D eigenvalue weighted by Gasteiger charge is 2.12. The number of hydrogen-bond acceptors (Lipinski definition) is 2. The Morgan fingerprint density at radius 2 is 2.12 bits per heavy atom. The Morgan fingerprint density at radius 3 is 2.75 bits per heavy atom. The number of rotatable bonds is 5. The van der Waals surface area contributed by atoms with Crippen LogP contribution >= 0.6 is 0 Å². The molecule has 2 nitrogen and oxygen atoms in total. The average Bonchev–Trinajstić information content (AvgIpc) is 2.35. The number of ether oxygens (including phenoxy) is 1. The van der Waals surface area contributed by atoms with Crippen molar-refractivity contribution in [2.45, 2.75) is 26.3 Å². The second-order valence-corrected chi connectivity index (χ2v) is 3.51. The first-order chi connectivity index (χ1) is 7.83. The lowest BCUT2D eigenvalue weighted by molar-refractivity contribution is 0.399. The van der Waals surface area contributed by atoms with Crippen molar-refractivity contribution in [2.24, 2.45) is 0 Å². The second-order valence-electron chi connectivity index (χ2n) is 3.51. The molecule has 0 spiro atoms. The summed E-state index contributed by atoms with van der Waals surface area (Å²) in [6.07, 6.45) is 1.02. The fraction of sp³-hybridized carbons (Fsp3) is 0.429. The molecule has 1 unspecified atom stereocenters. The van der Waals surface area contributed by atoms with Crippen LogP contribution < -0.4 is 10.1 Å². The van der Waals surface area contributed by atoms with E-state index < -0.39 is 0 Å². The van der Waals surface area contributed by atoms with Crippen LogP contribution in [0.1, 0.15) is 31.9 Å². The van der Waals surface area contributed by atoms with Crippen LogP contribution in [0.5, 0.6) is 5.75 Å². The van der Waals surface area contributed by atoms with Crippen LogP contribution in [0.15, 0.2) is 24.3 Å². The molecule has 2 heteroatoms. The summed E-state index contributed by atoms with van der Waals surface area (Å²) in [5.41, 5.74) is 1.20. The van der Waals surface area contributed by atoms with Crippen molar-refractivity contribution in [1.29, 1.82) is 0 Å². The molecule has 86 valence electrons. The van der Waals surface area contributed by atoms with E-state index in [1.807, 2.05) is 25.1 Å². The van der Waals surface area contributed by atoms with E-state index in [9.17, 15) is 0 Å². The van der Waals surface area contributed by atoms with Gasteiger partial charge >= 0.3 is 0 Å². The van der Waals surface area contributed by atoms with Crippen molar-refractivity contribution in [3.8, 4) is 17.6 Å². The van der Waals surface area contributed by atoms with E-state index >= 15 is 0 Å². The van der Waals surface area contributed by atoms with Gasteiger partial charge < -0.3 is 4.74 Å². The molecule has 0 saturated heterocycles. The molecule has 0 saturated carbocycles. The van der Waals surface area contributed by atoms with Gasteiger partial charge in [-0.3, -0.25) is 5.32 Å². The van der Waals surface area contributed by atoms with Crippen LogP contribution in [0.4, 0.5) is 0 Å². The van der Waals surface area contributed by atoms with Crippen LogP contribution in [-0.4, -0.2) is 13.7 Å². The first-order valence-electron chi connectivity index (χ1n) is 5.59. The Balaban J connectivity index is 2.79. The van der Waals surface area contributed by atoms with Crippen molar-refractivity contribution < 1.29 is 4.74 Å². The van der Waals surface area contributed by atoms with Gasteiger partial charge in [0, 0.05) is 11.6 Å². The summed E-state index contributed by atoms with van der Waals surface area (Å²) in [6, 6.07) is 8.41. The van der Waals surface area contributed by atoms with Crippen molar-refractivity contribution in [1.82, 2.24) is 5.32 Å². The molecule has 1 atom stereocenters. The van der Waals surface area contributed by atoms with Gasteiger partial charge in [0.2, 0.25) is 0 Å². The number of hydrogen-bond donors (Lipinski definition) is 1. The van der Waals surface area contributed by atoms with Gasteiger partial charge in [0.1, 0.15) is 5.75 Å². The normalized spacial score (nSPS) is 11.4. The third-order valence-corrected chi connectivity index (χ3v) is 2.54. The highest BCUT2D eigenvalue weighted by atomic mass is 16.5. The molecular weight excluding hydrogens is 198 g/mol. The second kappa shape index (κ2) is 6.92. The van der Waals surface area contributed by atoms with Crippen LogP contribution in [-0.2, 0) is 0 Å². The summed E-state index contributed by atoms with van der Waals surface area (Å²) >= 11 is 0. The third kappa shape index (κ3) is 3.29. The van der Waals surface area contributed by atoms with Crippen molar-refractivity contribution in [3.63, 3.8) is 0 Å². The summed E-state index contributed by atoms with van der Waals surface area (Å²) < 4.78 is 5.36. The Labute approximate surface area is 98.0 Å². The van der Waals surface area contributed by atoms with Gasteiger partial charge in [-0.1, -0.05) is 31.0 Å². The molecule has 1 N–H and O–H groups in total. The maximum absolute atomic E-state index is 5.36. The summed E-state index contributed by atoms with van der Waals surface area (Å²) in [7, 11) is 1.71. The molecule has 0 aliphatic heterocycles. The Bertz CT molecular complexity index is 376. The predicted molar refractivity (Wildman–Crippen MR) is 67.5 cm³/mol. The number of methoxy groups -OCH3 is 1. The molecule has 0 aliphatic carbocycles. The van der Waals surface area contributed by atoms with Crippen molar-refractivity contribution in [2.75, 3.05) is 13.7 Å². The molecular formula is C14H19NO. The zero-order valence-electron chi connectivity index (χ0n) is 10.2. The van der Waals surface area contributed by atoms with Gasteiger partial charge in [-0.2, -0.15) is 0 Å². The molecule has 0 aromatic heterocycles. The lowest BCUT2D eigenvalue weighted by Gasteiger charge is -2.18. The fourth-order valence-corrected chi connectivity index (χ4v) is 1.69. The molecule has 0 amide bonds. The van der Waals surface area contributed by atoms with E-state index in [1.165, 1.54) is 5.56 Å². The molecule has 0 aliphatic rings. The van der Waals surface area contributed by atoms with Crippen molar-refractivity contribution in [3.05, 3.63) is 29.8 Å². The fourth-order valence-electron chi connectivity index (χ4n) is 1.69. The quantitative estimate of drug-likeness (QED) is 0.766. The minimum atomic E-state index is 0.303. The Hall–Kier alpha value is -1.46. The van der Waals surface area contributed by atoms with Gasteiger partial charge in [0.05, 0.1) is 13.7 Å². The van der Waals surface area contributed by atoms with Gasteiger partial charge in [-0.05, 0) is 19.4 Å². The summed E-state index contributed by atoms with van der Waals surface area (Å²) in [4.78, 5) is 0. The summed E-state index contributed by atoms with van der Waals surface area (Å²) in [5, 5.41) is 3.41. The van der Waals surface area contributed by atoms with Gasteiger partial charge in [0.25, 0.3) is 0 Å². The van der Waals surface area contributed by atoms with E-state index in [0.29, 0.717) is 12.6 Å². The maximum Gasteiger partial charge on any atom is 0.123 e. The average molecular weight is 217 g/mol. The molecule has 1 rings (SSSR count). The molecule has 0 fully saturated rings. The standard InChI is InChI=1S/C14H19NO/c1-4-6-11-15-13(5-2)12-9-7-8-10-14(12)16-3/h7-10,13,15H,5,11H2,1-3H3. The smallest absolute Gasteiger partial charge is 0.123 e. The minimum Gasteiger partial charge on any atom is -0.496 e. The number of para-hydroxylation sites is 1. The largest absolute Gasteiger partial charge is 0.496 e. The first-order valence-corrected chi connectivity index (χ1v) is 5.59. The SMILES string of the molecule is CC#CCNC(CC)c1ccccc1OC. The minimum absolute atomic E-state index is 0.303. The van der Waals surface area contributed by atoms with Crippen LogP contribution in [0.2, 0.25) is 0 Å².